The third kappa shape index (κ3) is 6.99. The second-order valence-corrected chi connectivity index (χ2v) is 10.5. The highest BCUT2D eigenvalue weighted by Crippen LogP contribution is 2.24. The summed E-state index contributed by atoms with van der Waals surface area (Å²) in [6.45, 7) is 8.98. The number of carbonyl (C=O) groups excluding carboxylic acids is 1. The fraction of sp³-hybridized carbons (Fsp3) is 0.448. The van der Waals surface area contributed by atoms with Gasteiger partial charge in [-0.15, -0.1) is 0 Å². The molecule has 3 aromatic rings. The minimum absolute atomic E-state index is 0.122. The topological polar surface area (TPSA) is 72.5 Å². The molecule has 5 rings (SSSR count). The average Bonchev–Trinajstić information content (AvgIpc) is 2.93. The first-order valence-electron chi connectivity index (χ1n) is 13.5. The molecule has 7 nitrogen and oxygen atoms in total. The van der Waals surface area contributed by atoms with Gasteiger partial charge in [0.15, 0.2) is 0 Å². The molecule has 1 aromatic heterocycles. The van der Waals surface area contributed by atoms with Gasteiger partial charge in [0.1, 0.15) is 0 Å². The van der Waals surface area contributed by atoms with E-state index in [1.807, 2.05) is 30.5 Å². The van der Waals surface area contributed by atoms with Crippen molar-refractivity contribution in [1.29, 1.82) is 0 Å². The third-order valence-electron chi connectivity index (χ3n) is 7.48. The first kappa shape index (κ1) is 25.9. The highest BCUT2D eigenvalue weighted by Gasteiger charge is 2.23. The Hall–Kier alpha value is -2.71. The molecule has 0 unspecified atom stereocenters. The van der Waals surface area contributed by atoms with Crippen LogP contribution in [0.3, 0.4) is 0 Å². The van der Waals surface area contributed by atoms with Crippen LogP contribution in [0.2, 0.25) is 5.02 Å². The number of amides is 1. The summed E-state index contributed by atoms with van der Waals surface area (Å²) < 4.78 is 0. The molecule has 0 radical (unpaired) electrons. The molecule has 1 amide bonds. The van der Waals surface area contributed by atoms with E-state index in [4.69, 9.17) is 11.6 Å². The molecule has 8 heteroatoms. The third-order valence-corrected chi connectivity index (χ3v) is 7.72. The lowest BCUT2D eigenvalue weighted by atomic mass is 9.95. The summed E-state index contributed by atoms with van der Waals surface area (Å²) in [7, 11) is 0. The van der Waals surface area contributed by atoms with E-state index in [2.05, 4.69) is 55.0 Å². The van der Waals surface area contributed by atoms with Crippen molar-refractivity contribution in [2.45, 2.75) is 31.8 Å². The smallest absolute Gasteiger partial charge is 0.237 e. The van der Waals surface area contributed by atoms with Gasteiger partial charge in [0.05, 0.1) is 11.6 Å². The van der Waals surface area contributed by atoms with Gasteiger partial charge in [-0.3, -0.25) is 9.78 Å². The number of piperazine rings is 1. The molecule has 1 saturated heterocycles. The summed E-state index contributed by atoms with van der Waals surface area (Å²) in [5, 5.41) is 11.9. The molecule has 3 N–H and O–H groups in total. The lowest BCUT2D eigenvalue weighted by Gasteiger charge is -2.34. The number of benzene rings is 2. The molecule has 0 bridgehead atoms. The maximum absolute atomic E-state index is 12.6. The number of hydrogen-bond acceptors (Lipinski definition) is 6. The van der Waals surface area contributed by atoms with E-state index in [9.17, 15) is 4.79 Å². The molecule has 3 heterocycles. The molecule has 2 aromatic carbocycles. The maximum atomic E-state index is 12.6. The number of anilines is 1. The van der Waals surface area contributed by atoms with E-state index in [0.29, 0.717) is 5.02 Å². The van der Waals surface area contributed by atoms with Crippen LogP contribution in [0, 0.1) is 0 Å². The first-order chi connectivity index (χ1) is 18.2. The number of aromatic nitrogens is 1. The van der Waals surface area contributed by atoms with Crippen LogP contribution in [-0.2, 0) is 17.8 Å². The fourth-order valence-electron chi connectivity index (χ4n) is 5.31. The summed E-state index contributed by atoms with van der Waals surface area (Å²) in [5.41, 5.74) is 4.62. The SMILES string of the molecule is O=C(NCCCN1CCN(CCCNc2ccnc3cc(Cl)ccc23)CC1)[C@@H]1Cc2ccccc2CN1. The molecule has 37 heavy (non-hydrogen) atoms. The summed E-state index contributed by atoms with van der Waals surface area (Å²) in [5.74, 6) is 0.122. The van der Waals surface area contributed by atoms with Gasteiger partial charge in [-0.05, 0) is 67.7 Å². The minimum Gasteiger partial charge on any atom is -0.384 e. The molecular formula is C29H37ClN6O. The van der Waals surface area contributed by atoms with E-state index in [-0.39, 0.29) is 11.9 Å². The van der Waals surface area contributed by atoms with Crippen LogP contribution < -0.4 is 16.0 Å². The van der Waals surface area contributed by atoms with Gasteiger partial charge in [-0.25, -0.2) is 0 Å². The van der Waals surface area contributed by atoms with E-state index in [0.717, 1.165) is 94.8 Å². The standard InChI is InChI=1S/C29H37ClN6O/c30-24-7-8-25-26(9-12-32-27(25)20-24)31-10-3-13-35-15-17-36(18-16-35)14-4-11-33-29(37)28-19-22-5-1-2-6-23(22)21-34-28/h1-2,5-9,12,20,28,34H,3-4,10-11,13-19,21H2,(H,31,32)(H,33,37)/t28-/m0/s1. The molecule has 0 spiro atoms. The Morgan fingerprint density at radius 1 is 0.973 bits per heavy atom. The number of pyridine rings is 1. The van der Waals surface area contributed by atoms with Crippen LogP contribution in [0.4, 0.5) is 5.69 Å². The molecule has 1 fully saturated rings. The van der Waals surface area contributed by atoms with E-state index < -0.39 is 0 Å². The van der Waals surface area contributed by atoms with Crippen LogP contribution in [0.5, 0.6) is 0 Å². The van der Waals surface area contributed by atoms with Crippen molar-refractivity contribution in [2.24, 2.45) is 0 Å². The zero-order chi connectivity index (χ0) is 25.5. The van der Waals surface area contributed by atoms with Crippen molar-refractivity contribution in [3.05, 3.63) is 70.9 Å². The van der Waals surface area contributed by atoms with Crippen molar-refractivity contribution in [3.63, 3.8) is 0 Å². The van der Waals surface area contributed by atoms with Crippen LogP contribution in [0.25, 0.3) is 10.9 Å². The Bertz CT molecular complexity index is 1200. The lowest BCUT2D eigenvalue weighted by molar-refractivity contribution is -0.123. The molecule has 0 saturated carbocycles. The monoisotopic (exact) mass is 520 g/mol. The Balaban J connectivity index is 0.937. The van der Waals surface area contributed by atoms with Crippen molar-refractivity contribution >= 4 is 34.1 Å². The van der Waals surface area contributed by atoms with Gasteiger partial charge < -0.3 is 25.8 Å². The average molecular weight is 521 g/mol. The fourth-order valence-corrected chi connectivity index (χ4v) is 5.48. The normalized spacial score (nSPS) is 18.5. The van der Waals surface area contributed by atoms with Gasteiger partial charge in [0.25, 0.3) is 0 Å². The van der Waals surface area contributed by atoms with Crippen LogP contribution in [0.1, 0.15) is 24.0 Å². The van der Waals surface area contributed by atoms with E-state index >= 15 is 0 Å². The van der Waals surface area contributed by atoms with Crippen molar-refractivity contribution < 1.29 is 4.79 Å². The molecular weight excluding hydrogens is 484 g/mol. The van der Waals surface area contributed by atoms with Crippen molar-refractivity contribution in [1.82, 2.24) is 25.4 Å². The second kappa shape index (κ2) is 12.7. The predicted molar refractivity (Wildman–Crippen MR) is 151 cm³/mol. The highest BCUT2D eigenvalue weighted by molar-refractivity contribution is 6.31. The van der Waals surface area contributed by atoms with E-state index in [1.165, 1.54) is 11.1 Å². The summed E-state index contributed by atoms with van der Waals surface area (Å²) in [6, 6.07) is 16.1. The largest absolute Gasteiger partial charge is 0.384 e. The maximum Gasteiger partial charge on any atom is 0.237 e. The Morgan fingerprint density at radius 3 is 2.49 bits per heavy atom. The van der Waals surface area contributed by atoms with Gasteiger partial charge in [0.2, 0.25) is 5.91 Å². The van der Waals surface area contributed by atoms with Crippen LogP contribution in [0.15, 0.2) is 54.7 Å². The Morgan fingerprint density at radius 2 is 1.70 bits per heavy atom. The molecule has 2 aliphatic rings. The minimum atomic E-state index is -0.122. The first-order valence-corrected chi connectivity index (χ1v) is 13.8. The van der Waals surface area contributed by atoms with Gasteiger partial charge in [-0.1, -0.05) is 35.9 Å². The zero-order valence-corrected chi connectivity index (χ0v) is 22.1. The summed E-state index contributed by atoms with van der Waals surface area (Å²) in [6.07, 6.45) is 4.69. The molecule has 0 aliphatic carbocycles. The number of rotatable bonds is 10. The summed E-state index contributed by atoms with van der Waals surface area (Å²) >= 11 is 6.10. The number of nitrogens with zero attached hydrogens (tertiary/aromatic N) is 3. The van der Waals surface area contributed by atoms with E-state index in [1.54, 1.807) is 0 Å². The Labute approximate surface area is 224 Å². The van der Waals surface area contributed by atoms with Gasteiger partial charge in [0, 0.05) is 68.1 Å². The molecule has 196 valence electrons. The van der Waals surface area contributed by atoms with Gasteiger partial charge in [-0.2, -0.15) is 0 Å². The lowest BCUT2D eigenvalue weighted by Crippen LogP contribution is -2.49. The number of fused-ring (bicyclic) bond motifs is 2. The van der Waals surface area contributed by atoms with Crippen LogP contribution in [-0.4, -0.2) is 79.1 Å². The Kier molecular flexibility index (Phi) is 8.89. The zero-order valence-electron chi connectivity index (χ0n) is 21.4. The van der Waals surface area contributed by atoms with Gasteiger partial charge >= 0.3 is 0 Å². The van der Waals surface area contributed by atoms with Crippen molar-refractivity contribution in [3.8, 4) is 0 Å². The molecule has 2 aliphatic heterocycles. The quantitative estimate of drug-likeness (QED) is 0.355. The summed E-state index contributed by atoms with van der Waals surface area (Å²) in [4.78, 5) is 22.1. The second-order valence-electron chi connectivity index (χ2n) is 10.0. The molecule has 1 atom stereocenters. The number of nitrogens with one attached hydrogen (secondary N) is 3. The highest BCUT2D eigenvalue weighted by atomic mass is 35.5. The number of hydrogen-bond donors (Lipinski definition) is 3. The number of carbonyl (C=O) groups is 1. The predicted octanol–water partition coefficient (Wildman–Crippen LogP) is 3.53. The number of halogens is 1. The van der Waals surface area contributed by atoms with Crippen molar-refractivity contribution in [2.75, 3.05) is 57.7 Å². The van der Waals surface area contributed by atoms with Crippen LogP contribution >= 0.6 is 11.6 Å².